The van der Waals surface area contributed by atoms with Gasteiger partial charge in [0.2, 0.25) is 10.0 Å². The molecule has 1 heterocycles. The third-order valence-corrected chi connectivity index (χ3v) is 5.29. The van der Waals surface area contributed by atoms with Gasteiger partial charge in [-0.1, -0.05) is 13.8 Å². The summed E-state index contributed by atoms with van der Waals surface area (Å²) in [6, 6.07) is 1.34. The van der Waals surface area contributed by atoms with E-state index in [0.717, 1.165) is 6.42 Å². The highest BCUT2D eigenvalue weighted by molar-refractivity contribution is 9.10. The summed E-state index contributed by atoms with van der Waals surface area (Å²) in [7, 11) is -2.04. The Morgan fingerprint density at radius 2 is 2.11 bits per heavy atom. The Bertz CT molecular complexity index is 495. The van der Waals surface area contributed by atoms with Gasteiger partial charge in [0.25, 0.3) is 0 Å². The molecule has 1 rings (SSSR count). The van der Waals surface area contributed by atoms with Crippen molar-refractivity contribution >= 4 is 26.0 Å². The van der Waals surface area contributed by atoms with Gasteiger partial charge in [-0.2, -0.15) is 0 Å². The Kier molecular flexibility index (Phi) is 5.39. The van der Waals surface area contributed by atoms with Crippen molar-refractivity contribution in [3.63, 3.8) is 0 Å². The molecule has 0 aliphatic carbocycles. The van der Waals surface area contributed by atoms with Gasteiger partial charge in [0, 0.05) is 19.7 Å². The predicted octanol–water partition coefficient (Wildman–Crippen LogP) is 2.20. The molecule has 5 nitrogen and oxygen atoms in total. The Morgan fingerprint density at radius 1 is 1.50 bits per heavy atom. The van der Waals surface area contributed by atoms with E-state index < -0.39 is 10.0 Å². The summed E-state index contributed by atoms with van der Waals surface area (Å²) in [6.07, 6.45) is 0.790. The lowest BCUT2D eigenvalue weighted by Crippen LogP contribution is -2.28. The van der Waals surface area contributed by atoms with E-state index in [0.29, 0.717) is 12.5 Å². The lowest BCUT2D eigenvalue weighted by molar-refractivity contribution is 0.245. The van der Waals surface area contributed by atoms with Gasteiger partial charge in [0.05, 0.1) is 0 Å². The topological polar surface area (TPSA) is 70.8 Å². The molecule has 0 aliphatic rings. The molecule has 0 amide bonds. The second-order valence-corrected chi connectivity index (χ2v) is 7.25. The third-order valence-electron chi connectivity index (χ3n) is 2.57. The van der Waals surface area contributed by atoms with E-state index in [4.69, 9.17) is 9.52 Å². The van der Waals surface area contributed by atoms with E-state index in [2.05, 4.69) is 15.9 Å². The van der Waals surface area contributed by atoms with Crippen LogP contribution in [0.4, 0.5) is 0 Å². The van der Waals surface area contributed by atoms with Gasteiger partial charge in [-0.15, -0.1) is 0 Å². The predicted molar refractivity (Wildman–Crippen MR) is 71.6 cm³/mol. The zero-order valence-electron chi connectivity index (χ0n) is 10.7. The summed E-state index contributed by atoms with van der Waals surface area (Å²) in [5, 5.41) is 8.93. The van der Waals surface area contributed by atoms with Crippen molar-refractivity contribution in [2.45, 2.75) is 31.8 Å². The monoisotopic (exact) mass is 339 g/mol. The first kappa shape index (κ1) is 15.7. The third kappa shape index (κ3) is 3.57. The van der Waals surface area contributed by atoms with E-state index >= 15 is 0 Å². The van der Waals surface area contributed by atoms with Crippen LogP contribution in [0, 0.1) is 5.92 Å². The summed E-state index contributed by atoms with van der Waals surface area (Å²) in [4.78, 5) is 0.0535. The minimum absolute atomic E-state index is 0.0535. The number of nitrogens with zero attached hydrogens (tertiary/aromatic N) is 1. The standard InChI is InChI=1S/C11H18BrNO4S/c1-8(2)4-5-13(3)18(15,16)10-6-9(7-14)17-11(10)12/h6,8,14H,4-5,7H2,1-3H3. The molecule has 1 aromatic heterocycles. The average molecular weight is 340 g/mol. The summed E-state index contributed by atoms with van der Waals surface area (Å²) in [6.45, 7) is 4.20. The van der Waals surface area contributed by atoms with Crippen LogP contribution in [0.2, 0.25) is 0 Å². The number of halogens is 1. The van der Waals surface area contributed by atoms with Crippen molar-refractivity contribution in [2.75, 3.05) is 13.6 Å². The first-order valence-corrected chi connectivity index (χ1v) is 7.87. The van der Waals surface area contributed by atoms with Crippen LogP contribution >= 0.6 is 15.9 Å². The highest BCUT2D eigenvalue weighted by Gasteiger charge is 2.26. The zero-order chi connectivity index (χ0) is 13.9. The van der Waals surface area contributed by atoms with Crippen LogP contribution in [0.25, 0.3) is 0 Å². The molecule has 18 heavy (non-hydrogen) atoms. The van der Waals surface area contributed by atoms with E-state index in [9.17, 15) is 8.42 Å². The first-order valence-electron chi connectivity index (χ1n) is 5.64. The van der Waals surface area contributed by atoms with Crippen molar-refractivity contribution in [1.82, 2.24) is 4.31 Å². The summed E-state index contributed by atoms with van der Waals surface area (Å²) < 4.78 is 31.0. The molecule has 0 saturated heterocycles. The average Bonchev–Trinajstić information content (AvgIpc) is 2.67. The molecule has 1 N–H and O–H groups in total. The number of aliphatic hydroxyl groups excluding tert-OH is 1. The summed E-state index contributed by atoms with van der Waals surface area (Å²) in [5.74, 6) is 0.654. The molecule has 0 aromatic carbocycles. The molecule has 0 spiro atoms. The van der Waals surface area contributed by atoms with E-state index in [1.165, 1.54) is 17.4 Å². The van der Waals surface area contributed by atoms with Gasteiger partial charge in [0.1, 0.15) is 17.3 Å². The number of rotatable bonds is 6. The zero-order valence-corrected chi connectivity index (χ0v) is 13.1. The van der Waals surface area contributed by atoms with Crippen LogP contribution in [0.5, 0.6) is 0 Å². The fourth-order valence-corrected chi connectivity index (χ4v) is 3.52. The number of furan rings is 1. The van der Waals surface area contributed by atoms with Crippen molar-refractivity contribution in [2.24, 2.45) is 5.92 Å². The quantitative estimate of drug-likeness (QED) is 0.862. The molecule has 0 fully saturated rings. The Morgan fingerprint density at radius 3 is 2.56 bits per heavy atom. The second kappa shape index (κ2) is 6.18. The lowest BCUT2D eigenvalue weighted by atomic mass is 10.1. The van der Waals surface area contributed by atoms with Crippen molar-refractivity contribution < 1.29 is 17.9 Å². The minimum Gasteiger partial charge on any atom is -0.450 e. The highest BCUT2D eigenvalue weighted by atomic mass is 79.9. The van der Waals surface area contributed by atoms with E-state index in [1.54, 1.807) is 0 Å². The fourth-order valence-electron chi connectivity index (χ4n) is 1.38. The molecule has 7 heteroatoms. The smallest absolute Gasteiger partial charge is 0.247 e. The SMILES string of the molecule is CC(C)CCN(C)S(=O)(=O)c1cc(CO)oc1Br. The lowest BCUT2D eigenvalue weighted by Gasteiger charge is -2.17. The van der Waals surface area contributed by atoms with E-state index in [-0.39, 0.29) is 21.9 Å². The molecule has 0 unspecified atom stereocenters. The largest absolute Gasteiger partial charge is 0.450 e. The number of hydrogen-bond acceptors (Lipinski definition) is 4. The van der Waals surface area contributed by atoms with Gasteiger partial charge < -0.3 is 9.52 Å². The van der Waals surface area contributed by atoms with Gasteiger partial charge in [-0.25, -0.2) is 12.7 Å². The molecule has 0 atom stereocenters. The van der Waals surface area contributed by atoms with Crippen LogP contribution in [0.1, 0.15) is 26.0 Å². The molecular formula is C11H18BrNO4S. The normalized spacial score (nSPS) is 12.6. The van der Waals surface area contributed by atoms with Gasteiger partial charge in [-0.05, 0) is 28.3 Å². The highest BCUT2D eigenvalue weighted by Crippen LogP contribution is 2.28. The van der Waals surface area contributed by atoms with Crippen LogP contribution in [-0.4, -0.2) is 31.4 Å². The number of aliphatic hydroxyl groups is 1. The number of hydrogen-bond donors (Lipinski definition) is 1. The molecular weight excluding hydrogens is 322 g/mol. The summed E-state index contributed by atoms with van der Waals surface area (Å²) in [5.41, 5.74) is 0. The fraction of sp³-hybridized carbons (Fsp3) is 0.636. The molecule has 1 aromatic rings. The summed E-state index contributed by atoms with van der Waals surface area (Å²) >= 11 is 3.06. The van der Waals surface area contributed by atoms with Crippen LogP contribution in [0.3, 0.4) is 0 Å². The molecule has 104 valence electrons. The maximum atomic E-state index is 12.2. The van der Waals surface area contributed by atoms with Crippen molar-refractivity contribution in [3.8, 4) is 0 Å². The minimum atomic E-state index is -3.57. The Balaban J connectivity index is 2.94. The molecule has 0 aliphatic heterocycles. The first-order chi connectivity index (χ1) is 8.28. The molecule has 0 saturated carbocycles. The Labute approximate surface area is 116 Å². The number of sulfonamides is 1. The van der Waals surface area contributed by atoms with Crippen molar-refractivity contribution in [1.29, 1.82) is 0 Å². The van der Waals surface area contributed by atoms with Gasteiger partial charge in [-0.3, -0.25) is 0 Å². The second-order valence-electron chi connectivity index (χ2n) is 4.52. The Hall–Kier alpha value is -0.370. The van der Waals surface area contributed by atoms with Crippen LogP contribution in [0.15, 0.2) is 20.0 Å². The van der Waals surface area contributed by atoms with Gasteiger partial charge >= 0.3 is 0 Å². The molecule has 0 radical (unpaired) electrons. The maximum Gasteiger partial charge on any atom is 0.247 e. The van der Waals surface area contributed by atoms with Crippen molar-refractivity contribution in [3.05, 3.63) is 16.5 Å². The van der Waals surface area contributed by atoms with Gasteiger partial charge in [0.15, 0.2) is 4.67 Å². The maximum absolute atomic E-state index is 12.2. The van der Waals surface area contributed by atoms with Crippen LogP contribution < -0.4 is 0 Å². The van der Waals surface area contributed by atoms with Crippen LogP contribution in [-0.2, 0) is 16.6 Å². The van der Waals surface area contributed by atoms with E-state index in [1.807, 2.05) is 13.8 Å². The molecule has 0 bridgehead atoms.